The second kappa shape index (κ2) is 10.9. The smallest absolute Gasteiger partial charge is 0.251 e. The van der Waals surface area contributed by atoms with Crippen LogP contribution in [0.4, 0.5) is 0 Å². The van der Waals surface area contributed by atoms with Gasteiger partial charge in [-0.2, -0.15) is 0 Å². The lowest BCUT2D eigenvalue weighted by atomic mass is 9.86. The second-order valence-corrected chi connectivity index (χ2v) is 12.6. The molecule has 2 aliphatic rings. The molecule has 1 saturated heterocycles. The van der Waals surface area contributed by atoms with Crippen molar-refractivity contribution in [3.63, 3.8) is 0 Å². The highest BCUT2D eigenvalue weighted by molar-refractivity contribution is 7.90. The van der Waals surface area contributed by atoms with Crippen molar-refractivity contribution >= 4 is 27.6 Å². The first-order chi connectivity index (χ1) is 18.0. The van der Waals surface area contributed by atoms with Crippen molar-refractivity contribution in [3.8, 4) is 0 Å². The van der Waals surface area contributed by atoms with Gasteiger partial charge in [0.15, 0.2) is 5.96 Å². The topological polar surface area (TPSA) is 140 Å². The fourth-order valence-corrected chi connectivity index (χ4v) is 6.14. The third-order valence-corrected chi connectivity index (χ3v) is 8.81. The van der Waals surface area contributed by atoms with Crippen molar-refractivity contribution in [1.29, 1.82) is 5.41 Å². The molecule has 10 heteroatoms. The quantitative estimate of drug-likeness (QED) is 0.386. The molecule has 0 bridgehead atoms. The summed E-state index contributed by atoms with van der Waals surface area (Å²) in [5.41, 5.74) is 2.25. The van der Waals surface area contributed by atoms with E-state index in [2.05, 4.69) is 10.6 Å². The van der Waals surface area contributed by atoms with Gasteiger partial charge in [-0.1, -0.05) is 50.2 Å². The van der Waals surface area contributed by atoms with Gasteiger partial charge in [0, 0.05) is 23.8 Å². The number of nitrogens with one attached hydrogen (secondary N) is 3. The highest BCUT2D eigenvalue weighted by Crippen LogP contribution is 2.34. The van der Waals surface area contributed by atoms with Crippen LogP contribution in [0, 0.1) is 5.41 Å². The Hall–Kier alpha value is -3.24. The molecule has 3 atom stereocenters. The highest BCUT2D eigenvalue weighted by Gasteiger charge is 2.42. The average Bonchev–Trinajstić information content (AvgIpc) is 3.19. The Kier molecular flexibility index (Phi) is 7.94. The van der Waals surface area contributed by atoms with Crippen molar-refractivity contribution in [1.82, 2.24) is 15.5 Å². The zero-order valence-corrected chi connectivity index (χ0v) is 22.8. The molecule has 38 heavy (non-hydrogen) atoms. The van der Waals surface area contributed by atoms with Gasteiger partial charge in [0.05, 0.1) is 30.4 Å². The van der Waals surface area contributed by atoms with E-state index in [-0.39, 0.29) is 36.4 Å². The molecule has 0 aromatic heterocycles. The molecule has 1 unspecified atom stereocenters. The normalized spacial score (nSPS) is 21.5. The molecule has 9 nitrogen and oxygen atoms in total. The third-order valence-electron chi connectivity index (χ3n) is 7.83. The molecule has 0 saturated carbocycles. The van der Waals surface area contributed by atoms with Gasteiger partial charge in [0.25, 0.3) is 5.91 Å². The van der Waals surface area contributed by atoms with Crippen LogP contribution in [0.1, 0.15) is 78.7 Å². The molecule has 2 amide bonds. The monoisotopic (exact) mass is 540 g/mol. The van der Waals surface area contributed by atoms with Gasteiger partial charge >= 0.3 is 0 Å². The zero-order chi connectivity index (χ0) is 27.7. The number of fused-ring (bicyclic) bond motifs is 1. The van der Waals surface area contributed by atoms with Crippen LogP contribution in [-0.2, 0) is 21.1 Å². The SMILES string of the molecule is CCC1(CC)CC(=O)N(C(CCS(C)(=O)=O)c2cccc(C(=O)N[C@@H]3c4ccccc4C[C@H]3O)c2)C(=N)N1. The van der Waals surface area contributed by atoms with Crippen LogP contribution in [0.2, 0.25) is 0 Å². The molecule has 2 aromatic rings. The number of nitrogens with zero attached hydrogens (tertiary/aromatic N) is 1. The molecule has 1 heterocycles. The maximum absolute atomic E-state index is 13.4. The Bertz CT molecular complexity index is 1320. The van der Waals surface area contributed by atoms with Gasteiger partial charge < -0.3 is 15.7 Å². The summed E-state index contributed by atoms with van der Waals surface area (Å²) in [5, 5.41) is 25.3. The summed E-state index contributed by atoms with van der Waals surface area (Å²) in [6.07, 6.45) is 2.47. The van der Waals surface area contributed by atoms with E-state index in [4.69, 9.17) is 5.41 Å². The van der Waals surface area contributed by atoms with E-state index in [1.54, 1.807) is 24.3 Å². The van der Waals surface area contributed by atoms with Crippen LogP contribution < -0.4 is 10.6 Å². The number of sulfone groups is 1. The van der Waals surface area contributed by atoms with Gasteiger partial charge in [-0.25, -0.2) is 8.42 Å². The van der Waals surface area contributed by atoms with E-state index in [9.17, 15) is 23.1 Å². The molecule has 1 fully saturated rings. The molecule has 2 aromatic carbocycles. The Balaban J connectivity index is 1.62. The molecular formula is C28H36N4O5S. The lowest BCUT2D eigenvalue weighted by Crippen LogP contribution is -2.62. The number of carbonyl (C=O) groups excluding carboxylic acids is 2. The number of rotatable bonds is 9. The number of aliphatic hydroxyl groups is 1. The van der Waals surface area contributed by atoms with E-state index < -0.39 is 33.6 Å². The predicted molar refractivity (Wildman–Crippen MR) is 146 cm³/mol. The van der Waals surface area contributed by atoms with Gasteiger partial charge in [-0.05, 0) is 48.1 Å². The predicted octanol–water partition coefficient (Wildman–Crippen LogP) is 2.87. The summed E-state index contributed by atoms with van der Waals surface area (Å²) in [6, 6.07) is 13.0. The lowest BCUT2D eigenvalue weighted by Gasteiger charge is -2.45. The molecule has 0 spiro atoms. The van der Waals surface area contributed by atoms with Crippen LogP contribution in [0.25, 0.3) is 0 Å². The molecule has 1 aliphatic carbocycles. The van der Waals surface area contributed by atoms with Crippen molar-refractivity contribution < 1.29 is 23.1 Å². The molecule has 4 N–H and O–H groups in total. The third kappa shape index (κ3) is 5.76. The zero-order valence-electron chi connectivity index (χ0n) is 22.0. The molecular weight excluding hydrogens is 504 g/mol. The van der Waals surface area contributed by atoms with Gasteiger partial charge in [0.1, 0.15) is 9.84 Å². The van der Waals surface area contributed by atoms with Crippen LogP contribution in [0.3, 0.4) is 0 Å². The van der Waals surface area contributed by atoms with Crippen LogP contribution in [-0.4, -0.2) is 59.8 Å². The van der Waals surface area contributed by atoms with Crippen LogP contribution >= 0.6 is 0 Å². The number of benzene rings is 2. The lowest BCUT2D eigenvalue weighted by molar-refractivity contribution is -0.132. The maximum atomic E-state index is 13.4. The fourth-order valence-electron chi connectivity index (χ4n) is 5.49. The first kappa shape index (κ1) is 27.8. The van der Waals surface area contributed by atoms with Crippen molar-refractivity contribution in [2.75, 3.05) is 12.0 Å². The Morgan fingerprint density at radius 1 is 1.21 bits per heavy atom. The fraction of sp³-hybridized carbons (Fsp3) is 0.464. The minimum atomic E-state index is -3.35. The van der Waals surface area contributed by atoms with E-state index in [0.717, 1.165) is 17.4 Å². The largest absolute Gasteiger partial charge is 0.390 e. The van der Waals surface area contributed by atoms with Crippen molar-refractivity contribution in [2.24, 2.45) is 0 Å². The van der Waals surface area contributed by atoms with Gasteiger partial charge in [-0.15, -0.1) is 0 Å². The number of hydrogen-bond acceptors (Lipinski definition) is 6. The Labute approximate surface area is 224 Å². The minimum absolute atomic E-state index is 0.0657. The number of carbonyl (C=O) groups is 2. The summed E-state index contributed by atoms with van der Waals surface area (Å²) < 4.78 is 24.1. The van der Waals surface area contributed by atoms with Crippen molar-refractivity contribution in [2.45, 2.75) is 69.7 Å². The van der Waals surface area contributed by atoms with Crippen LogP contribution in [0.15, 0.2) is 48.5 Å². The summed E-state index contributed by atoms with van der Waals surface area (Å²) in [7, 11) is -3.35. The van der Waals surface area contributed by atoms with E-state index in [1.165, 1.54) is 4.90 Å². The summed E-state index contributed by atoms with van der Waals surface area (Å²) >= 11 is 0. The summed E-state index contributed by atoms with van der Waals surface area (Å²) in [5.74, 6) is -0.882. The molecule has 1 aliphatic heterocycles. The maximum Gasteiger partial charge on any atom is 0.251 e. The standard InChI is InChI=1S/C28H36N4O5S/c1-4-28(5-2)17-24(34)32(27(29)31-28)22(13-14-38(3,36)37)19-10-8-11-20(15-19)26(35)30-25-21-12-7-6-9-18(21)16-23(25)33/h6-12,15,22-23,25,33H,4-5,13-14,16-17H2,1-3H3,(H2,29,31)(H,30,35)/t22?,23-,25-/m1/s1. The molecule has 4 rings (SSSR count). The first-order valence-corrected chi connectivity index (χ1v) is 15.1. The Morgan fingerprint density at radius 2 is 1.92 bits per heavy atom. The highest BCUT2D eigenvalue weighted by atomic mass is 32.2. The molecule has 204 valence electrons. The van der Waals surface area contributed by atoms with Gasteiger partial charge in [0.2, 0.25) is 5.91 Å². The summed E-state index contributed by atoms with van der Waals surface area (Å²) in [4.78, 5) is 28.0. The number of hydrogen-bond donors (Lipinski definition) is 4. The van der Waals surface area contributed by atoms with Crippen LogP contribution in [0.5, 0.6) is 0 Å². The van der Waals surface area contributed by atoms with Gasteiger partial charge in [-0.3, -0.25) is 19.9 Å². The number of aliphatic hydroxyl groups excluding tert-OH is 1. The molecule has 0 radical (unpaired) electrons. The summed E-state index contributed by atoms with van der Waals surface area (Å²) in [6.45, 7) is 3.94. The average molecular weight is 541 g/mol. The first-order valence-electron chi connectivity index (χ1n) is 13.0. The second-order valence-electron chi connectivity index (χ2n) is 10.4. The van der Waals surface area contributed by atoms with E-state index in [0.29, 0.717) is 30.4 Å². The number of amides is 2. The minimum Gasteiger partial charge on any atom is -0.390 e. The van der Waals surface area contributed by atoms with E-state index in [1.807, 2.05) is 38.1 Å². The van der Waals surface area contributed by atoms with E-state index >= 15 is 0 Å². The van der Waals surface area contributed by atoms with Crippen molar-refractivity contribution in [3.05, 3.63) is 70.8 Å². The Morgan fingerprint density at radius 3 is 2.58 bits per heavy atom. The number of guanidine groups is 1.